The van der Waals surface area contributed by atoms with Crippen LogP contribution in [0.2, 0.25) is 0 Å². The van der Waals surface area contributed by atoms with Crippen molar-refractivity contribution in [2.75, 3.05) is 0 Å². The molecule has 0 aliphatic heterocycles. The highest BCUT2D eigenvalue weighted by molar-refractivity contribution is 7.53. The zero-order valence-electron chi connectivity index (χ0n) is 21.0. The molecule has 0 spiro atoms. The Hall–Kier alpha value is -1.66. The number of alkyl halides is 31. The fourth-order valence-electron chi connectivity index (χ4n) is 2.72. The summed E-state index contributed by atoms with van der Waals surface area (Å²) < 4.78 is 413. The van der Waals surface area contributed by atoms with Gasteiger partial charge in [-0.2, -0.15) is 132 Å². The van der Waals surface area contributed by atoms with E-state index in [1.807, 2.05) is 0 Å². The van der Waals surface area contributed by atoms with E-state index in [4.69, 9.17) is 9.79 Å². The number of hydrogen-bond donors (Lipinski definition) is 2. The summed E-state index contributed by atoms with van der Waals surface area (Å²) in [7, 11) is -8.47. The molecule has 0 saturated heterocycles. The molecule has 302 valence electrons. The normalized spacial score (nSPS) is 17.4. The molecule has 0 saturated carbocycles. The Kier molecular flexibility index (Phi) is 11.0. The van der Waals surface area contributed by atoms with Crippen LogP contribution in [-0.2, 0) is 4.57 Å². The van der Waals surface area contributed by atoms with Crippen molar-refractivity contribution in [2.24, 2.45) is 0 Å². The lowest BCUT2D eigenvalue weighted by Crippen LogP contribution is -2.79. The molecule has 0 aliphatic carbocycles. The molecule has 0 amide bonds. The lowest BCUT2D eigenvalue weighted by atomic mass is 9.83. The Morgan fingerprint density at radius 1 is 0.280 bits per heavy atom. The van der Waals surface area contributed by atoms with Gasteiger partial charge in [-0.25, -0.2) is 0 Å². The quantitative estimate of drug-likeness (QED) is 0.0980. The second kappa shape index (κ2) is 11.4. The van der Waals surface area contributed by atoms with E-state index in [-0.39, 0.29) is 0 Å². The van der Waals surface area contributed by atoms with Crippen LogP contribution in [0.15, 0.2) is 0 Å². The topological polar surface area (TPSA) is 57.5 Å². The lowest BCUT2D eigenvalue weighted by molar-refractivity contribution is -0.485. The van der Waals surface area contributed by atoms with Crippen molar-refractivity contribution in [2.45, 2.75) is 88.0 Å². The summed E-state index contributed by atoms with van der Waals surface area (Å²) in [4.78, 5) is 15.8. The van der Waals surface area contributed by atoms with Crippen molar-refractivity contribution in [3.8, 4) is 0 Å². The van der Waals surface area contributed by atoms with Gasteiger partial charge in [-0.1, -0.05) is 0 Å². The Morgan fingerprint density at radius 3 is 0.520 bits per heavy atom. The Labute approximate surface area is 254 Å². The van der Waals surface area contributed by atoms with E-state index in [0.29, 0.717) is 0 Å². The second-order valence-corrected chi connectivity index (χ2v) is 11.2. The van der Waals surface area contributed by atoms with E-state index in [0.717, 1.165) is 0 Å². The summed E-state index contributed by atoms with van der Waals surface area (Å²) >= 11 is 3.15. The number of rotatable bonds is 15. The Morgan fingerprint density at radius 2 is 0.400 bits per heavy atom. The van der Waals surface area contributed by atoms with E-state index in [1.54, 1.807) is 0 Å². The largest absolute Gasteiger partial charge is 0.413 e. The first kappa shape index (κ1) is 48.3. The van der Waals surface area contributed by atoms with Gasteiger partial charge < -0.3 is 9.79 Å². The third-order valence-electron chi connectivity index (χ3n) is 5.83. The molecule has 0 aromatic carbocycles. The zero-order valence-corrected chi connectivity index (χ0v) is 22.6. The summed E-state index contributed by atoms with van der Waals surface area (Å²) in [5.74, 6) is -125. The van der Waals surface area contributed by atoms with Gasteiger partial charge in [0, 0.05) is 0 Å². The fraction of sp³-hybridized carbons (Fsp3) is 1.00. The lowest BCUT2D eigenvalue weighted by Gasteiger charge is -2.46. The highest BCUT2D eigenvalue weighted by Gasteiger charge is 3.01. The maximum Gasteiger partial charge on any atom is 0.413 e. The van der Waals surface area contributed by atoms with Gasteiger partial charge in [-0.15, -0.1) is 0 Å². The third kappa shape index (κ3) is 5.36. The van der Waals surface area contributed by atoms with Crippen LogP contribution in [0, 0.1) is 0 Å². The van der Waals surface area contributed by atoms with Crippen LogP contribution in [0.1, 0.15) is 0 Å². The molecule has 2 N–H and O–H groups in total. The number of hydrogen-bond acceptors (Lipinski definition) is 1. The highest BCUT2D eigenvalue weighted by Crippen LogP contribution is 2.71. The maximum absolute atomic E-state index is 13.8. The zero-order chi connectivity index (χ0) is 42.0. The molecule has 0 aromatic rings. The van der Waals surface area contributed by atoms with Gasteiger partial charge in [-0.05, 0) is 11.6 Å². The van der Waals surface area contributed by atoms with Crippen molar-refractivity contribution < 1.29 is 146 Å². The molecular weight excluding hydrogens is 865 g/mol. The third-order valence-corrected chi connectivity index (χ3v) is 7.08. The molecule has 0 radical (unpaired) electrons. The van der Waals surface area contributed by atoms with Crippen molar-refractivity contribution in [1.29, 1.82) is 0 Å². The summed E-state index contributed by atoms with van der Waals surface area (Å²) in [6, 6.07) is 0. The molecule has 0 aromatic heterocycles. The van der Waals surface area contributed by atoms with Gasteiger partial charge in [0.05, 0.1) is 0 Å². The molecule has 0 aliphatic rings. The minimum atomic E-state index is -10.1. The summed E-state index contributed by atoms with van der Waals surface area (Å²) in [6.07, 6.45) is 0. The van der Waals surface area contributed by atoms with E-state index in [9.17, 15) is 136 Å². The average Bonchev–Trinajstić information content (AvgIpc) is 2.85. The number of halogens is 31. The predicted octanol–water partition coefficient (Wildman–Crippen LogP) is 9.85. The van der Waals surface area contributed by atoms with E-state index in [1.165, 1.54) is 0 Å². The van der Waals surface area contributed by atoms with Gasteiger partial charge >= 0.3 is 95.6 Å². The predicted molar refractivity (Wildman–Crippen MR) is 92.1 cm³/mol. The van der Waals surface area contributed by atoms with Crippen LogP contribution >= 0.6 is 19.2 Å². The van der Waals surface area contributed by atoms with Gasteiger partial charge in [0.25, 0.3) is 0 Å². The molecule has 0 unspecified atom stereocenters. The molecule has 0 rings (SSSR count). The standard InChI is InChI=1S/C15H2ClF30O3P/c16-14(43,44)12(39,40)10(35,36)8(31,32)6(27,28)4(23,24)2(19,20)1(17,18)3(21,22)5(25,26)7(29,30)9(33,34)11(37,38)13(41,42)15(45,46)50(47,48)49/h(H2,47,48,49). The second-order valence-electron chi connectivity index (χ2n) is 9.05. The minimum absolute atomic E-state index is 3.15. The first-order valence-electron chi connectivity index (χ1n) is 10.2. The van der Waals surface area contributed by atoms with E-state index >= 15 is 0 Å². The minimum Gasteiger partial charge on any atom is -0.320 e. The van der Waals surface area contributed by atoms with Gasteiger partial charge in [0.15, 0.2) is 0 Å². The maximum atomic E-state index is 13.8. The Balaban J connectivity index is 7.72. The molecular formula is C15H2ClF30O3P. The molecule has 0 atom stereocenters. The fourth-order valence-corrected chi connectivity index (χ4v) is 3.34. The van der Waals surface area contributed by atoms with E-state index in [2.05, 4.69) is 11.6 Å². The van der Waals surface area contributed by atoms with Gasteiger partial charge in [0.2, 0.25) is 0 Å². The molecule has 35 heteroatoms. The van der Waals surface area contributed by atoms with Crippen molar-refractivity contribution in [3.05, 3.63) is 0 Å². The van der Waals surface area contributed by atoms with Gasteiger partial charge in [-0.3, -0.25) is 4.57 Å². The van der Waals surface area contributed by atoms with Crippen LogP contribution in [0.3, 0.4) is 0 Å². The first-order valence-corrected chi connectivity index (χ1v) is 12.2. The summed E-state index contributed by atoms with van der Waals surface area (Å²) in [6.45, 7) is 0. The highest BCUT2D eigenvalue weighted by atomic mass is 35.5. The Bertz CT molecular complexity index is 1320. The van der Waals surface area contributed by atoms with Crippen LogP contribution < -0.4 is 0 Å². The molecule has 50 heavy (non-hydrogen) atoms. The molecule has 3 nitrogen and oxygen atoms in total. The van der Waals surface area contributed by atoms with Crippen LogP contribution in [0.25, 0.3) is 0 Å². The molecule has 0 bridgehead atoms. The van der Waals surface area contributed by atoms with E-state index < -0.39 is 95.6 Å². The van der Waals surface area contributed by atoms with Crippen LogP contribution in [0.5, 0.6) is 0 Å². The monoisotopic (exact) mass is 866 g/mol. The van der Waals surface area contributed by atoms with Crippen molar-refractivity contribution in [3.63, 3.8) is 0 Å². The molecule has 0 heterocycles. The first-order chi connectivity index (χ1) is 20.8. The summed E-state index contributed by atoms with van der Waals surface area (Å²) in [5.41, 5.74) is -8.23. The van der Waals surface area contributed by atoms with Gasteiger partial charge in [0.1, 0.15) is 0 Å². The smallest absolute Gasteiger partial charge is 0.320 e. The average molecular weight is 867 g/mol. The van der Waals surface area contributed by atoms with Crippen molar-refractivity contribution >= 4 is 19.2 Å². The summed E-state index contributed by atoms with van der Waals surface area (Å²) in [5, 5.41) is -7.40. The van der Waals surface area contributed by atoms with Crippen LogP contribution in [-0.4, -0.2) is 97.8 Å². The van der Waals surface area contributed by atoms with Crippen molar-refractivity contribution in [1.82, 2.24) is 0 Å². The SMILES string of the molecule is O=P(O)(O)C(F)(F)C(F)(F)C(F)(F)C(F)(F)C(F)(F)C(F)(F)C(F)(F)C(F)(F)C(F)(F)C(F)(F)C(F)(F)C(F)(F)C(F)(F)C(F)(F)C(F)(F)Cl. The molecule has 0 fully saturated rings. The van der Waals surface area contributed by atoms with Crippen LogP contribution in [0.4, 0.5) is 132 Å².